The van der Waals surface area contributed by atoms with Gasteiger partial charge in [-0.3, -0.25) is 9.69 Å². The zero-order chi connectivity index (χ0) is 13.1. The molecule has 1 aliphatic rings. The van der Waals surface area contributed by atoms with Crippen molar-refractivity contribution in [3.8, 4) is 0 Å². The fraction of sp³-hybridized carbons (Fsp3) is 0.583. The van der Waals surface area contributed by atoms with E-state index in [1.54, 1.807) is 16.2 Å². The second-order valence-electron chi connectivity index (χ2n) is 4.68. The lowest BCUT2D eigenvalue weighted by molar-refractivity contribution is -0.135. The van der Waals surface area contributed by atoms with E-state index >= 15 is 0 Å². The van der Waals surface area contributed by atoms with E-state index in [0.717, 1.165) is 30.0 Å². The molecule has 4 nitrogen and oxygen atoms in total. The average molecular weight is 332 g/mol. The van der Waals surface area contributed by atoms with Gasteiger partial charge in [0, 0.05) is 40.3 Å². The van der Waals surface area contributed by atoms with E-state index in [2.05, 4.69) is 37.6 Å². The molecule has 100 valence electrons. The number of rotatable bonds is 3. The van der Waals surface area contributed by atoms with Crippen LogP contribution in [0.4, 0.5) is 0 Å². The second-order valence-corrected chi connectivity index (χ2v) is 6.97. The molecule has 1 unspecified atom stereocenters. The highest BCUT2D eigenvalue weighted by molar-refractivity contribution is 9.11. The molecule has 0 radical (unpaired) electrons. The highest BCUT2D eigenvalue weighted by atomic mass is 79.9. The second kappa shape index (κ2) is 6.14. The minimum absolute atomic E-state index is 0.0487. The zero-order valence-electron chi connectivity index (χ0n) is 10.6. The summed E-state index contributed by atoms with van der Waals surface area (Å²) in [7, 11) is 3.63. The van der Waals surface area contributed by atoms with Crippen LogP contribution in [0, 0.1) is 0 Å². The smallest absolute Gasteiger partial charge is 0.240 e. The van der Waals surface area contributed by atoms with E-state index in [1.807, 2.05) is 14.1 Å². The van der Waals surface area contributed by atoms with E-state index in [4.69, 9.17) is 0 Å². The normalized spacial score (nSPS) is 20.9. The van der Waals surface area contributed by atoms with Gasteiger partial charge in [-0.25, -0.2) is 0 Å². The highest BCUT2D eigenvalue weighted by Gasteiger charge is 2.29. The van der Waals surface area contributed by atoms with Gasteiger partial charge in [0.2, 0.25) is 5.91 Å². The molecular weight excluding hydrogens is 314 g/mol. The van der Waals surface area contributed by atoms with Crippen molar-refractivity contribution in [2.75, 3.05) is 33.7 Å². The Bertz CT molecular complexity index is 421. The Balaban J connectivity index is 2.06. The lowest BCUT2D eigenvalue weighted by Crippen LogP contribution is -2.57. The number of hydrogen-bond donors (Lipinski definition) is 1. The van der Waals surface area contributed by atoms with Crippen molar-refractivity contribution in [1.29, 1.82) is 0 Å². The van der Waals surface area contributed by atoms with Crippen LogP contribution < -0.4 is 5.32 Å². The summed E-state index contributed by atoms with van der Waals surface area (Å²) >= 11 is 5.16. The summed E-state index contributed by atoms with van der Waals surface area (Å²) in [5, 5.41) is 5.44. The van der Waals surface area contributed by atoms with E-state index in [0.29, 0.717) is 0 Å². The summed E-state index contributed by atoms with van der Waals surface area (Å²) in [5.74, 6) is 0.177. The molecule has 1 atom stereocenters. The molecule has 18 heavy (non-hydrogen) atoms. The molecule has 0 aliphatic carbocycles. The number of carbonyl (C=O) groups is 1. The van der Waals surface area contributed by atoms with Crippen molar-refractivity contribution < 1.29 is 4.79 Å². The minimum Gasteiger partial charge on any atom is -0.347 e. The summed E-state index contributed by atoms with van der Waals surface area (Å²) < 4.78 is 1.14. The van der Waals surface area contributed by atoms with Crippen molar-refractivity contribution in [2.45, 2.75) is 12.6 Å². The molecule has 1 aromatic heterocycles. The van der Waals surface area contributed by atoms with Crippen LogP contribution in [0.25, 0.3) is 0 Å². The van der Waals surface area contributed by atoms with Crippen molar-refractivity contribution in [3.05, 3.63) is 20.8 Å². The fourth-order valence-corrected chi connectivity index (χ4v) is 3.34. The summed E-state index contributed by atoms with van der Waals surface area (Å²) in [6.45, 7) is 3.44. The fourth-order valence-electron chi connectivity index (χ4n) is 2.14. The molecule has 6 heteroatoms. The Morgan fingerprint density at radius 1 is 1.67 bits per heavy atom. The number of hydrogen-bond acceptors (Lipinski definition) is 4. The molecule has 0 bridgehead atoms. The van der Waals surface area contributed by atoms with Crippen LogP contribution in [0.15, 0.2) is 15.2 Å². The third-order valence-corrected chi connectivity index (χ3v) is 4.64. The monoisotopic (exact) mass is 331 g/mol. The molecule has 1 aliphatic heterocycles. The van der Waals surface area contributed by atoms with Crippen molar-refractivity contribution in [3.63, 3.8) is 0 Å². The molecule has 0 spiro atoms. The predicted molar refractivity (Wildman–Crippen MR) is 77.8 cm³/mol. The number of nitrogens with zero attached hydrogens (tertiary/aromatic N) is 2. The molecule has 2 rings (SSSR count). The Kier molecular flexibility index (Phi) is 4.77. The number of halogens is 1. The quantitative estimate of drug-likeness (QED) is 0.908. The van der Waals surface area contributed by atoms with Crippen LogP contribution in [0.2, 0.25) is 0 Å². The number of thiophene rings is 1. The molecule has 1 saturated heterocycles. The molecule has 1 N–H and O–H groups in total. The summed E-state index contributed by atoms with van der Waals surface area (Å²) in [5.41, 5.74) is 1.27. The first kappa shape index (κ1) is 14.0. The number of likely N-dealkylation sites (N-methyl/N-ethyl adjacent to an activating group) is 1. The molecule has 2 heterocycles. The van der Waals surface area contributed by atoms with Crippen molar-refractivity contribution >= 4 is 33.2 Å². The van der Waals surface area contributed by atoms with E-state index in [9.17, 15) is 4.79 Å². The minimum atomic E-state index is -0.0487. The SMILES string of the molecule is CN(C)C(=O)C1CNCCN1Cc1csc(Br)c1. The first-order valence-corrected chi connectivity index (χ1v) is 7.64. The van der Waals surface area contributed by atoms with Crippen LogP contribution in [-0.4, -0.2) is 55.5 Å². The van der Waals surface area contributed by atoms with Gasteiger partial charge >= 0.3 is 0 Å². The number of nitrogens with one attached hydrogen (secondary N) is 1. The number of carbonyl (C=O) groups excluding carboxylic acids is 1. The van der Waals surface area contributed by atoms with Gasteiger partial charge in [0.15, 0.2) is 0 Å². The Morgan fingerprint density at radius 3 is 3.06 bits per heavy atom. The maximum absolute atomic E-state index is 12.1. The van der Waals surface area contributed by atoms with Crippen LogP contribution in [0.3, 0.4) is 0 Å². The Labute approximate surface area is 120 Å². The van der Waals surface area contributed by atoms with Crippen molar-refractivity contribution in [2.24, 2.45) is 0 Å². The first-order valence-electron chi connectivity index (χ1n) is 5.97. The Hall–Kier alpha value is -0.430. The molecule has 1 fully saturated rings. The Morgan fingerprint density at radius 2 is 2.44 bits per heavy atom. The average Bonchev–Trinajstić information content (AvgIpc) is 2.74. The van der Waals surface area contributed by atoms with Gasteiger partial charge in [-0.2, -0.15) is 0 Å². The van der Waals surface area contributed by atoms with E-state index in [-0.39, 0.29) is 11.9 Å². The maximum Gasteiger partial charge on any atom is 0.240 e. The molecular formula is C12H18BrN3OS. The van der Waals surface area contributed by atoms with E-state index < -0.39 is 0 Å². The standard InChI is InChI=1S/C12H18BrN3OS/c1-15(2)12(17)10-6-14-3-4-16(10)7-9-5-11(13)18-8-9/h5,8,10,14H,3-4,6-7H2,1-2H3. The lowest BCUT2D eigenvalue weighted by atomic mass is 10.1. The topological polar surface area (TPSA) is 35.6 Å². The summed E-state index contributed by atoms with van der Waals surface area (Å²) in [6, 6.07) is 2.08. The molecule has 0 aromatic carbocycles. The van der Waals surface area contributed by atoms with Gasteiger partial charge in [-0.1, -0.05) is 0 Å². The van der Waals surface area contributed by atoms with Crippen LogP contribution >= 0.6 is 27.3 Å². The van der Waals surface area contributed by atoms with Gasteiger partial charge in [-0.05, 0) is 32.9 Å². The van der Waals surface area contributed by atoms with Gasteiger partial charge < -0.3 is 10.2 Å². The van der Waals surface area contributed by atoms with Gasteiger partial charge in [0.05, 0.1) is 3.79 Å². The third kappa shape index (κ3) is 3.32. The first-order chi connectivity index (χ1) is 8.58. The van der Waals surface area contributed by atoms with E-state index in [1.165, 1.54) is 5.56 Å². The summed E-state index contributed by atoms with van der Waals surface area (Å²) in [6.07, 6.45) is 0. The van der Waals surface area contributed by atoms with Gasteiger partial charge in [0.1, 0.15) is 6.04 Å². The van der Waals surface area contributed by atoms with Crippen LogP contribution in [0.5, 0.6) is 0 Å². The maximum atomic E-state index is 12.1. The number of piperazine rings is 1. The van der Waals surface area contributed by atoms with Gasteiger partial charge in [0.25, 0.3) is 0 Å². The van der Waals surface area contributed by atoms with Crippen molar-refractivity contribution in [1.82, 2.24) is 15.1 Å². The van der Waals surface area contributed by atoms with Crippen LogP contribution in [-0.2, 0) is 11.3 Å². The van der Waals surface area contributed by atoms with Gasteiger partial charge in [-0.15, -0.1) is 11.3 Å². The largest absolute Gasteiger partial charge is 0.347 e. The highest BCUT2D eigenvalue weighted by Crippen LogP contribution is 2.22. The molecule has 0 saturated carbocycles. The molecule has 1 amide bonds. The zero-order valence-corrected chi connectivity index (χ0v) is 13.1. The summed E-state index contributed by atoms with van der Waals surface area (Å²) in [4.78, 5) is 16.1. The third-order valence-electron chi connectivity index (χ3n) is 3.09. The van der Waals surface area contributed by atoms with Crippen LogP contribution in [0.1, 0.15) is 5.56 Å². The predicted octanol–water partition coefficient (Wildman–Crippen LogP) is 1.37. The molecule has 1 aromatic rings. The number of amides is 1. The lowest BCUT2D eigenvalue weighted by Gasteiger charge is -2.36.